The third-order valence-corrected chi connectivity index (χ3v) is 2.16. The second-order valence-electron chi connectivity index (χ2n) is 1.51. The SMILES string of the molecule is C=C[CH2][Pd][CH2]C=C.CC(=O)O. The first-order chi connectivity index (χ1) is 5.15. The number of hydrogen-bond donors (Lipinski definition) is 1. The van der Waals surface area contributed by atoms with Gasteiger partial charge >= 0.3 is 53.1 Å². The van der Waals surface area contributed by atoms with Gasteiger partial charge in [0.1, 0.15) is 0 Å². The third kappa shape index (κ3) is 42.7. The van der Waals surface area contributed by atoms with Crippen molar-refractivity contribution in [2.45, 2.75) is 16.7 Å². The van der Waals surface area contributed by atoms with Crippen LogP contribution in [0.2, 0.25) is 9.79 Å². The smallest absolute Gasteiger partial charge is 0.300 e. The summed E-state index contributed by atoms with van der Waals surface area (Å²) in [7, 11) is 0. The zero-order chi connectivity index (χ0) is 9.11. The van der Waals surface area contributed by atoms with Crippen LogP contribution in [0.15, 0.2) is 25.3 Å². The molecule has 0 aliphatic rings. The van der Waals surface area contributed by atoms with Crippen LogP contribution in [0.25, 0.3) is 0 Å². The quantitative estimate of drug-likeness (QED) is 0.471. The second-order valence-corrected chi connectivity index (χ2v) is 3.56. The van der Waals surface area contributed by atoms with E-state index in [4.69, 9.17) is 9.90 Å². The van der Waals surface area contributed by atoms with Crippen molar-refractivity contribution in [2.75, 3.05) is 0 Å². The number of aliphatic carboxylic acids is 1. The maximum absolute atomic E-state index is 9.00. The first kappa shape index (κ1) is 13.2. The Morgan fingerprint density at radius 3 is 1.91 bits per heavy atom. The molecule has 0 spiro atoms. The van der Waals surface area contributed by atoms with E-state index in [9.17, 15) is 0 Å². The Labute approximate surface area is 76.2 Å². The van der Waals surface area contributed by atoms with Crippen LogP contribution in [0.1, 0.15) is 6.92 Å². The van der Waals surface area contributed by atoms with Crippen LogP contribution in [-0.4, -0.2) is 11.1 Å². The Hall–Kier alpha value is -0.388. The van der Waals surface area contributed by atoms with Crippen LogP contribution in [0.5, 0.6) is 0 Å². The summed E-state index contributed by atoms with van der Waals surface area (Å²) >= 11 is 0.832. The molecule has 0 aromatic carbocycles. The Balaban J connectivity index is 0. The molecule has 0 radical (unpaired) electrons. The van der Waals surface area contributed by atoms with E-state index in [1.807, 2.05) is 12.2 Å². The molecule has 11 heavy (non-hydrogen) atoms. The summed E-state index contributed by atoms with van der Waals surface area (Å²) in [5.41, 5.74) is 0. The summed E-state index contributed by atoms with van der Waals surface area (Å²) in [5, 5.41) is 7.42. The van der Waals surface area contributed by atoms with Crippen molar-refractivity contribution in [2.24, 2.45) is 0 Å². The van der Waals surface area contributed by atoms with Gasteiger partial charge in [0.2, 0.25) is 0 Å². The first-order valence-electron chi connectivity index (χ1n) is 3.01. The molecule has 68 valence electrons. The van der Waals surface area contributed by atoms with E-state index in [2.05, 4.69) is 13.2 Å². The molecule has 1 N–H and O–H groups in total. The fourth-order valence-electron chi connectivity index (χ4n) is 0.182. The number of carboxylic acids is 1. The van der Waals surface area contributed by atoms with Crippen LogP contribution in [0.4, 0.5) is 0 Å². The fraction of sp³-hybridized carbons (Fsp3) is 0.375. The third-order valence-electron chi connectivity index (χ3n) is 0.365. The molecular weight excluding hydrogens is 235 g/mol. The van der Waals surface area contributed by atoms with Gasteiger partial charge in [-0.15, -0.1) is 0 Å². The van der Waals surface area contributed by atoms with Crippen LogP contribution < -0.4 is 0 Å². The van der Waals surface area contributed by atoms with Crippen molar-refractivity contribution in [3.63, 3.8) is 0 Å². The average Bonchev–Trinajstić information content (AvgIpc) is 1.88. The van der Waals surface area contributed by atoms with Gasteiger partial charge < -0.3 is 5.11 Å². The van der Waals surface area contributed by atoms with E-state index in [0.29, 0.717) is 0 Å². The van der Waals surface area contributed by atoms with Crippen molar-refractivity contribution >= 4 is 5.97 Å². The molecule has 0 aromatic heterocycles. The van der Waals surface area contributed by atoms with Crippen LogP contribution in [0, 0.1) is 0 Å². The van der Waals surface area contributed by atoms with Gasteiger partial charge in [-0.2, -0.15) is 0 Å². The Kier molecular flexibility index (Phi) is 14.8. The summed E-state index contributed by atoms with van der Waals surface area (Å²) in [6, 6.07) is 0. The Morgan fingerprint density at radius 2 is 1.73 bits per heavy atom. The topological polar surface area (TPSA) is 37.3 Å². The van der Waals surface area contributed by atoms with Gasteiger partial charge in [0.15, 0.2) is 0 Å². The van der Waals surface area contributed by atoms with Crippen molar-refractivity contribution in [1.82, 2.24) is 0 Å². The van der Waals surface area contributed by atoms with Crippen LogP contribution in [-0.2, 0) is 22.8 Å². The van der Waals surface area contributed by atoms with E-state index in [0.717, 1.165) is 24.9 Å². The molecule has 0 aromatic rings. The summed E-state index contributed by atoms with van der Waals surface area (Å²) in [6.45, 7) is 8.30. The minimum absolute atomic E-state index is 0.832. The number of rotatable bonds is 4. The molecule has 0 saturated heterocycles. The minimum atomic E-state index is -0.833. The van der Waals surface area contributed by atoms with E-state index in [-0.39, 0.29) is 0 Å². The van der Waals surface area contributed by atoms with Gasteiger partial charge in [0.05, 0.1) is 0 Å². The van der Waals surface area contributed by atoms with Gasteiger partial charge in [0, 0.05) is 6.92 Å². The number of carboxylic acid groups (broad SMARTS) is 1. The summed E-state index contributed by atoms with van der Waals surface area (Å²) < 4.78 is 0. The summed E-state index contributed by atoms with van der Waals surface area (Å²) in [4.78, 5) is 11.3. The van der Waals surface area contributed by atoms with Crippen LogP contribution >= 0.6 is 0 Å². The molecule has 3 heteroatoms. The van der Waals surface area contributed by atoms with Crippen molar-refractivity contribution in [3.05, 3.63) is 25.3 Å². The molecular formula is C8H14O2Pd. The fourth-order valence-corrected chi connectivity index (χ4v) is 1.08. The molecule has 0 fully saturated rings. The summed E-state index contributed by atoms with van der Waals surface area (Å²) in [5.74, 6) is -0.833. The van der Waals surface area contributed by atoms with E-state index >= 15 is 0 Å². The number of carbonyl (C=O) groups is 1. The maximum atomic E-state index is 9.00. The molecule has 0 rings (SSSR count). The largest absolute Gasteiger partial charge is 0.481 e. The number of allylic oxidation sites excluding steroid dienone is 2. The van der Waals surface area contributed by atoms with Gasteiger partial charge in [-0.25, -0.2) is 0 Å². The maximum Gasteiger partial charge on any atom is 0.300 e. The zero-order valence-electron chi connectivity index (χ0n) is 6.65. The van der Waals surface area contributed by atoms with Gasteiger partial charge in [-0.1, -0.05) is 0 Å². The summed E-state index contributed by atoms with van der Waals surface area (Å²) in [6.07, 6.45) is 3.91. The van der Waals surface area contributed by atoms with Crippen molar-refractivity contribution in [3.8, 4) is 0 Å². The molecule has 0 aliphatic carbocycles. The minimum Gasteiger partial charge on any atom is -0.481 e. The Bertz CT molecular complexity index is 109. The predicted octanol–water partition coefficient (Wildman–Crippen LogP) is 2.37. The van der Waals surface area contributed by atoms with E-state index < -0.39 is 5.97 Å². The predicted molar refractivity (Wildman–Crippen MR) is 43.3 cm³/mol. The molecule has 0 atom stereocenters. The second kappa shape index (κ2) is 12.3. The normalized spacial score (nSPS) is 7.73. The monoisotopic (exact) mass is 248 g/mol. The van der Waals surface area contributed by atoms with Gasteiger partial charge in [-0.05, 0) is 0 Å². The molecule has 0 aliphatic heterocycles. The Morgan fingerprint density at radius 1 is 1.45 bits per heavy atom. The van der Waals surface area contributed by atoms with Gasteiger partial charge in [0.25, 0.3) is 5.97 Å². The van der Waals surface area contributed by atoms with Crippen molar-refractivity contribution in [1.29, 1.82) is 0 Å². The molecule has 2 nitrogen and oxygen atoms in total. The first-order valence-corrected chi connectivity index (χ1v) is 5.21. The van der Waals surface area contributed by atoms with Crippen molar-refractivity contribution < 1.29 is 27.9 Å². The van der Waals surface area contributed by atoms with Gasteiger partial charge in [-0.3, -0.25) is 4.79 Å². The van der Waals surface area contributed by atoms with E-state index in [1.165, 1.54) is 9.79 Å². The average molecular weight is 249 g/mol. The standard InChI is InChI=1S/2C3H5.C2H4O2.Pd/c2*1-3-2;1-2(3)4;/h2*3H,1-2H2;1H3,(H,3,4);. The zero-order valence-corrected chi connectivity index (χ0v) is 8.21. The molecule has 0 amide bonds. The molecule has 0 saturated carbocycles. The molecule has 0 heterocycles. The molecule has 0 unspecified atom stereocenters. The molecule has 0 bridgehead atoms. The van der Waals surface area contributed by atoms with E-state index in [1.54, 1.807) is 0 Å². The van der Waals surface area contributed by atoms with Crippen LogP contribution in [0.3, 0.4) is 0 Å². The number of hydrogen-bond acceptors (Lipinski definition) is 1.